The van der Waals surface area contributed by atoms with Crippen LogP contribution in [-0.4, -0.2) is 36.1 Å². The zero-order valence-electron chi connectivity index (χ0n) is 19.4. The van der Waals surface area contributed by atoms with Crippen LogP contribution in [0.2, 0.25) is 0 Å². The molecule has 1 aromatic heterocycles. The monoisotopic (exact) mass is 455 g/mol. The highest BCUT2D eigenvalue weighted by atomic mass is 19.1. The largest absolute Gasteiger partial charge is 0.497 e. The lowest BCUT2D eigenvalue weighted by atomic mass is 10.1. The van der Waals surface area contributed by atoms with Gasteiger partial charge in [-0.3, -0.25) is 9.69 Å². The van der Waals surface area contributed by atoms with E-state index < -0.39 is 0 Å². The molecule has 0 saturated heterocycles. The summed E-state index contributed by atoms with van der Waals surface area (Å²) >= 11 is 0. The van der Waals surface area contributed by atoms with Gasteiger partial charge in [-0.2, -0.15) is 0 Å². The second kappa shape index (κ2) is 11.5. The van der Waals surface area contributed by atoms with Crippen molar-refractivity contribution in [3.05, 3.63) is 77.3 Å². The Hall–Kier alpha value is -3.39. The number of halogens is 1. The maximum atomic E-state index is 13.0. The molecule has 3 rings (SSSR count). The number of rotatable bonds is 11. The predicted molar refractivity (Wildman–Crippen MR) is 123 cm³/mol. The molecule has 2 aromatic carbocycles. The summed E-state index contributed by atoms with van der Waals surface area (Å²) in [5, 5.41) is 2.78. The first kappa shape index (κ1) is 24.3. The van der Waals surface area contributed by atoms with Crippen molar-refractivity contribution in [3.8, 4) is 11.5 Å². The molecule has 0 aliphatic carbocycles. The minimum absolute atomic E-state index is 0.207. The first-order chi connectivity index (χ1) is 15.9. The number of amides is 1. The fourth-order valence-electron chi connectivity index (χ4n) is 3.36. The van der Waals surface area contributed by atoms with Gasteiger partial charge in [0.2, 0.25) is 5.89 Å². The van der Waals surface area contributed by atoms with Gasteiger partial charge in [-0.15, -0.1) is 0 Å². The Morgan fingerprint density at radius 2 is 1.91 bits per heavy atom. The van der Waals surface area contributed by atoms with Crippen molar-refractivity contribution in [2.24, 2.45) is 0 Å². The molecule has 1 amide bonds. The number of methoxy groups -OCH3 is 2. The van der Waals surface area contributed by atoms with Crippen LogP contribution in [0, 0.1) is 5.82 Å². The average molecular weight is 456 g/mol. The number of carbonyl (C=O) groups is 1. The summed E-state index contributed by atoms with van der Waals surface area (Å²) in [6.07, 6.45) is 2.29. The van der Waals surface area contributed by atoms with Crippen molar-refractivity contribution < 1.29 is 23.1 Å². The van der Waals surface area contributed by atoms with Crippen LogP contribution in [0.5, 0.6) is 11.5 Å². The van der Waals surface area contributed by atoms with Gasteiger partial charge in [0.15, 0.2) is 5.69 Å². The molecule has 33 heavy (non-hydrogen) atoms. The minimum Gasteiger partial charge on any atom is -0.497 e. The summed E-state index contributed by atoms with van der Waals surface area (Å²) in [6.45, 7) is 5.59. The molecule has 8 heteroatoms. The molecule has 176 valence electrons. The molecule has 0 fully saturated rings. The van der Waals surface area contributed by atoms with E-state index in [0.29, 0.717) is 19.0 Å². The topological polar surface area (TPSA) is 76.8 Å². The van der Waals surface area contributed by atoms with Crippen LogP contribution in [-0.2, 0) is 19.6 Å². The number of benzene rings is 2. The van der Waals surface area contributed by atoms with Gasteiger partial charge in [-0.05, 0) is 37.1 Å². The van der Waals surface area contributed by atoms with Crippen molar-refractivity contribution in [2.75, 3.05) is 14.2 Å². The quantitative estimate of drug-likeness (QED) is 0.457. The van der Waals surface area contributed by atoms with Gasteiger partial charge in [0.1, 0.15) is 23.6 Å². The van der Waals surface area contributed by atoms with E-state index in [-0.39, 0.29) is 30.0 Å². The average Bonchev–Trinajstić information content (AvgIpc) is 3.31. The van der Waals surface area contributed by atoms with E-state index in [9.17, 15) is 9.18 Å². The standard InChI is InChI=1S/C25H30FN3O4/c1-5-17(2)29(14-19-8-11-21(31-3)12-23(19)32-4)15-24-28-22(16-33-24)25(30)27-13-18-6-9-20(26)10-7-18/h6-12,16-17H,5,13-15H2,1-4H3,(H,27,30)/t17-/m1/s1. The van der Waals surface area contributed by atoms with Gasteiger partial charge in [0, 0.05) is 30.8 Å². The molecule has 0 spiro atoms. The lowest BCUT2D eigenvalue weighted by Gasteiger charge is -2.27. The number of ether oxygens (including phenoxy) is 2. The number of aromatic nitrogens is 1. The van der Waals surface area contributed by atoms with Crippen molar-refractivity contribution in [3.63, 3.8) is 0 Å². The third-order valence-electron chi connectivity index (χ3n) is 5.57. The molecule has 0 aliphatic heterocycles. The highest BCUT2D eigenvalue weighted by Crippen LogP contribution is 2.27. The number of hydrogen-bond donors (Lipinski definition) is 1. The highest BCUT2D eigenvalue weighted by molar-refractivity contribution is 5.91. The molecule has 3 aromatic rings. The van der Waals surface area contributed by atoms with Crippen molar-refractivity contribution in [2.45, 2.75) is 45.9 Å². The maximum absolute atomic E-state index is 13.0. The summed E-state index contributed by atoms with van der Waals surface area (Å²) < 4.78 is 29.4. The zero-order chi connectivity index (χ0) is 23.8. The Morgan fingerprint density at radius 3 is 2.58 bits per heavy atom. The summed E-state index contributed by atoms with van der Waals surface area (Å²) in [5.74, 6) is 1.27. The van der Waals surface area contributed by atoms with Crippen LogP contribution in [0.4, 0.5) is 4.39 Å². The van der Waals surface area contributed by atoms with Gasteiger partial charge >= 0.3 is 0 Å². The van der Waals surface area contributed by atoms with Crippen LogP contribution in [0.3, 0.4) is 0 Å². The van der Waals surface area contributed by atoms with Crippen molar-refractivity contribution in [1.82, 2.24) is 15.2 Å². The lowest BCUT2D eigenvalue weighted by molar-refractivity contribution is 0.0945. The third kappa shape index (κ3) is 6.55. The molecule has 1 N–H and O–H groups in total. The number of oxazole rings is 1. The summed E-state index contributed by atoms with van der Waals surface area (Å²) in [6, 6.07) is 12.0. The Morgan fingerprint density at radius 1 is 1.15 bits per heavy atom. The normalized spacial score (nSPS) is 11.9. The van der Waals surface area contributed by atoms with E-state index in [4.69, 9.17) is 13.9 Å². The van der Waals surface area contributed by atoms with Crippen LogP contribution < -0.4 is 14.8 Å². The van der Waals surface area contributed by atoms with E-state index in [2.05, 4.69) is 29.0 Å². The molecule has 0 aliphatic rings. The number of nitrogens with zero attached hydrogens (tertiary/aromatic N) is 2. The molecule has 1 atom stereocenters. The Bertz CT molecular complexity index is 1050. The molecular weight excluding hydrogens is 425 g/mol. The molecule has 0 unspecified atom stereocenters. The fraction of sp³-hybridized carbons (Fsp3) is 0.360. The van der Waals surface area contributed by atoms with Crippen LogP contribution >= 0.6 is 0 Å². The van der Waals surface area contributed by atoms with Crippen LogP contribution in [0.1, 0.15) is 47.8 Å². The second-order valence-corrected chi connectivity index (χ2v) is 7.78. The Labute approximate surface area is 193 Å². The predicted octanol–water partition coefficient (Wildman–Crippen LogP) is 4.56. The smallest absolute Gasteiger partial charge is 0.273 e. The first-order valence-corrected chi connectivity index (χ1v) is 10.9. The number of nitrogens with one attached hydrogen (secondary N) is 1. The summed E-state index contributed by atoms with van der Waals surface area (Å²) in [5.41, 5.74) is 2.02. The van der Waals surface area contributed by atoms with E-state index in [1.54, 1.807) is 26.4 Å². The van der Waals surface area contributed by atoms with Crippen LogP contribution in [0.25, 0.3) is 0 Å². The van der Waals surface area contributed by atoms with E-state index >= 15 is 0 Å². The lowest BCUT2D eigenvalue weighted by Crippen LogP contribution is -2.32. The van der Waals surface area contributed by atoms with Gasteiger partial charge in [0.05, 0.1) is 20.8 Å². The minimum atomic E-state index is -0.346. The molecule has 0 saturated carbocycles. The van der Waals surface area contributed by atoms with Gasteiger partial charge in [-0.25, -0.2) is 9.37 Å². The van der Waals surface area contributed by atoms with E-state index in [1.165, 1.54) is 18.4 Å². The SMILES string of the molecule is CC[C@@H](C)N(Cc1nc(C(=O)NCc2ccc(F)cc2)co1)Cc1ccc(OC)cc1OC. The zero-order valence-corrected chi connectivity index (χ0v) is 19.4. The Kier molecular flexibility index (Phi) is 8.43. The maximum Gasteiger partial charge on any atom is 0.273 e. The molecule has 7 nitrogen and oxygen atoms in total. The van der Waals surface area contributed by atoms with Gasteiger partial charge < -0.3 is 19.2 Å². The summed E-state index contributed by atoms with van der Waals surface area (Å²) in [7, 11) is 3.26. The molecule has 0 radical (unpaired) electrons. The van der Waals surface area contributed by atoms with E-state index in [0.717, 1.165) is 29.0 Å². The van der Waals surface area contributed by atoms with E-state index in [1.807, 2.05) is 18.2 Å². The van der Waals surface area contributed by atoms with Gasteiger partial charge in [-0.1, -0.05) is 25.1 Å². The number of hydrogen-bond acceptors (Lipinski definition) is 6. The van der Waals surface area contributed by atoms with Crippen molar-refractivity contribution >= 4 is 5.91 Å². The molecule has 0 bridgehead atoms. The first-order valence-electron chi connectivity index (χ1n) is 10.9. The Balaban J connectivity index is 1.66. The molecular formula is C25H30FN3O4. The number of carbonyl (C=O) groups excluding carboxylic acids is 1. The fourth-order valence-corrected chi connectivity index (χ4v) is 3.36. The molecule has 1 heterocycles. The third-order valence-corrected chi connectivity index (χ3v) is 5.57. The van der Waals surface area contributed by atoms with Crippen molar-refractivity contribution in [1.29, 1.82) is 0 Å². The second-order valence-electron chi connectivity index (χ2n) is 7.78. The van der Waals surface area contributed by atoms with Gasteiger partial charge in [0.25, 0.3) is 5.91 Å². The summed E-state index contributed by atoms with van der Waals surface area (Å²) in [4.78, 5) is 19.1. The highest BCUT2D eigenvalue weighted by Gasteiger charge is 2.20. The van der Waals surface area contributed by atoms with Crippen LogP contribution in [0.15, 0.2) is 53.1 Å².